The molecular formula is C16H22N2OS. The average molecular weight is 290 g/mol. The first-order chi connectivity index (χ1) is 9.85. The minimum absolute atomic E-state index is 0.384. The van der Waals surface area contributed by atoms with E-state index in [2.05, 4.69) is 18.3 Å². The summed E-state index contributed by atoms with van der Waals surface area (Å²) in [4.78, 5) is 1.06. The first-order valence-corrected chi connectivity index (χ1v) is 8.35. The summed E-state index contributed by atoms with van der Waals surface area (Å²) in [7, 11) is 0. The Morgan fingerprint density at radius 1 is 1.45 bits per heavy atom. The van der Waals surface area contributed by atoms with Gasteiger partial charge in [0.05, 0.1) is 17.4 Å². The SMILES string of the molecule is CCSc1cccc(NCCC2CCCCO2)c1C#N. The van der Waals surface area contributed by atoms with E-state index in [0.717, 1.165) is 41.5 Å². The fraction of sp³-hybridized carbons (Fsp3) is 0.562. The lowest BCUT2D eigenvalue weighted by Crippen LogP contribution is -2.22. The Hall–Kier alpha value is -1.18. The summed E-state index contributed by atoms with van der Waals surface area (Å²) in [6.07, 6.45) is 5.03. The predicted octanol–water partition coefficient (Wildman–Crippen LogP) is 4.04. The molecule has 0 aliphatic carbocycles. The van der Waals surface area contributed by atoms with E-state index in [1.165, 1.54) is 19.3 Å². The van der Waals surface area contributed by atoms with Crippen molar-refractivity contribution in [1.82, 2.24) is 0 Å². The molecule has 108 valence electrons. The predicted molar refractivity (Wildman–Crippen MR) is 84.3 cm³/mol. The molecular weight excluding hydrogens is 268 g/mol. The topological polar surface area (TPSA) is 45.0 Å². The standard InChI is InChI=1S/C16H22N2OS/c1-2-20-16-8-5-7-15(14(16)12-17)18-10-9-13-6-3-4-11-19-13/h5,7-8,13,18H,2-4,6,9-11H2,1H3. The van der Waals surface area contributed by atoms with Gasteiger partial charge in [0.15, 0.2) is 0 Å². The second-order valence-corrected chi connectivity index (χ2v) is 6.23. The molecule has 1 fully saturated rings. The maximum atomic E-state index is 9.35. The minimum atomic E-state index is 0.384. The van der Waals surface area contributed by atoms with E-state index in [-0.39, 0.29) is 0 Å². The van der Waals surface area contributed by atoms with Gasteiger partial charge in [0.25, 0.3) is 0 Å². The molecule has 0 radical (unpaired) electrons. The van der Waals surface area contributed by atoms with Gasteiger partial charge in [0.1, 0.15) is 6.07 Å². The van der Waals surface area contributed by atoms with Gasteiger partial charge in [-0.2, -0.15) is 5.26 Å². The average Bonchev–Trinajstić information content (AvgIpc) is 2.49. The number of hydrogen-bond acceptors (Lipinski definition) is 4. The molecule has 2 rings (SSSR count). The third-order valence-corrected chi connectivity index (χ3v) is 4.43. The highest BCUT2D eigenvalue weighted by Crippen LogP contribution is 2.28. The van der Waals surface area contributed by atoms with Crippen LogP contribution in [0.25, 0.3) is 0 Å². The molecule has 0 bridgehead atoms. The number of anilines is 1. The van der Waals surface area contributed by atoms with Crippen LogP contribution >= 0.6 is 11.8 Å². The molecule has 1 unspecified atom stereocenters. The van der Waals surface area contributed by atoms with Crippen LogP contribution in [-0.4, -0.2) is 25.0 Å². The van der Waals surface area contributed by atoms with Gasteiger partial charge >= 0.3 is 0 Å². The molecule has 1 aromatic carbocycles. The minimum Gasteiger partial charge on any atom is -0.384 e. The number of thioether (sulfide) groups is 1. The molecule has 20 heavy (non-hydrogen) atoms. The second-order valence-electron chi connectivity index (χ2n) is 4.93. The first kappa shape index (κ1) is 15.2. The number of nitriles is 1. The zero-order chi connectivity index (χ0) is 14.2. The van der Waals surface area contributed by atoms with E-state index in [0.29, 0.717) is 6.10 Å². The van der Waals surface area contributed by atoms with Gasteiger partial charge in [-0.1, -0.05) is 13.0 Å². The number of nitrogens with zero attached hydrogens (tertiary/aromatic N) is 1. The van der Waals surface area contributed by atoms with E-state index in [9.17, 15) is 5.26 Å². The summed E-state index contributed by atoms with van der Waals surface area (Å²) < 4.78 is 5.73. The highest BCUT2D eigenvalue weighted by atomic mass is 32.2. The smallest absolute Gasteiger partial charge is 0.102 e. The fourth-order valence-electron chi connectivity index (χ4n) is 2.47. The Balaban J connectivity index is 1.91. The zero-order valence-electron chi connectivity index (χ0n) is 12.0. The van der Waals surface area contributed by atoms with Gasteiger partial charge in [-0.05, 0) is 43.6 Å². The van der Waals surface area contributed by atoms with Crippen LogP contribution in [0, 0.1) is 11.3 Å². The maximum Gasteiger partial charge on any atom is 0.102 e. The first-order valence-electron chi connectivity index (χ1n) is 7.36. The molecule has 0 spiro atoms. The van der Waals surface area contributed by atoms with Crippen molar-refractivity contribution < 1.29 is 4.74 Å². The summed E-state index contributed by atoms with van der Waals surface area (Å²) in [5, 5.41) is 12.7. The van der Waals surface area contributed by atoms with Crippen LogP contribution in [0.2, 0.25) is 0 Å². The Morgan fingerprint density at radius 3 is 3.05 bits per heavy atom. The molecule has 0 amide bonds. The zero-order valence-corrected chi connectivity index (χ0v) is 12.8. The van der Waals surface area contributed by atoms with Crippen molar-refractivity contribution in [3.8, 4) is 6.07 Å². The molecule has 0 saturated carbocycles. The summed E-state index contributed by atoms with van der Waals surface area (Å²) in [6.45, 7) is 3.86. The van der Waals surface area contributed by atoms with E-state index >= 15 is 0 Å². The Morgan fingerprint density at radius 2 is 2.35 bits per heavy atom. The van der Waals surface area contributed by atoms with Crippen molar-refractivity contribution >= 4 is 17.4 Å². The lowest BCUT2D eigenvalue weighted by Gasteiger charge is -2.22. The number of nitrogens with one attached hydrogen (secondary N) is 1. The molecule has 1 aliphatic rings. The van der Waals surface area contributed by atoms with Gasteiger partial charge in [0.2, 0.25) is 0 Å². The van der Waals surface area contributed by atoms with Crippen LogP contribution in [0.15, 0.2) is 23.1 Å². The number of rotatable bonds is 6. The van der Waals surface area contributed by atoms with Crippen molar-refractivity contribution in [1.29, 1.82) is 5.26 Å². The van der Waals surface area contributed by atoms with Gasteiger partial charge in [-0.25, -0.2) is 0 Å². The molecule has 1 aliphatic heterocycles. The van der Waals surface area contributed by atoms with E-state index in [1.54, 1.807) is 11.8 Å². The monoisotopic (exact) mass is 290 g/mol. The fourth-order valence-corrected chi connectivity index (χ4v) is 3.26. The molecule has 1 atom stereocenters. The Kier molecular flexibility index (Phi) is 6.23. The highest BCUT2D eigenvalue weighted by Gasteiger charge is 2.14. The van der Waals surface area contributed by atoms with Gasteiger partial charge in [-0.15, -0.1) is 11.8 Å². The lowest BCUT2D eigenvalue weighted by atomic mass is 10.1. The van der Waals surface area contributed by atoms with Crippen molar-refractivity contribution in [2.45, 2.75) is 43.6 Å². The highest BCUT2D eigenvalue weighted by molar-refractivity contribution is 7.99. The van der Waals surface area contributed by atoms with Crippen LogP contribution in [0.5, 0.6) is 0 Å². The van der Waals surface area contributed by atoms with Crippen molar-refractivity contribution in [3.05, 3.63) is 23.8 Å². The van der Waals surface area contributed by atoms with Crippen LogP contribution in [0.3, 0.4) is 0 Å². The molecule has 1 heterocycles. The summed E-state index contributed by atoms with van der Waals surface area (Å²) in [5.74, 6) is 0.980. The molecule has 3 nitrogen and oxygen atoms in total. The van der Waals surface area contributed by atoms with E-state index in [1.807, 2.05) is 18.2 Å². The summed E-state index contributed by atoms with van der Waals surface area (Å²) in [5.41, 5.74) is 1.71. The van der Waals surface area contributed by atoms with E-state index < -0.39 is 0 Å². The van der Waals surface area contributed by atoms with Crippen LogP contribution < -0.4 is 5.32 Å². The summed E-state index contributed by atoms with van der Waals surface area (Å²) >= 11 is 1.71. The third-order valence-electron chi connectivity index (χ3n) is 3.49. The number of benzene rings is 1. The second kappa shape index (κ2) is 8.18. The Bertz CT molecular complexity index is 464. The molecule has 1 N–H and O–H groups in total. The van der Waals surface area contributed by atoms with Crippen molar-refractivity contribution in [2.75, 3.05) is 24.2 Å². The van der Waals surface area contributed by atoms with Crippen LogP contribution in [0.4, 0.5) is 5.69 Å². The number of ether oxygens (including phenoxy) is 1. The molecule has 1 saturated heterocycles. The third kappa shape index (κ3) is 4.16. The lowest BCUT2D eigenvalue weighted by molar-refractivity contribution is 0.0134. The van der Waals surface area contributed by atoms with Crippen LogP contribution in [-0.2, 0) is 4.74 Å². The molecule has 1 aromatic rings. The van der Waals surface area contributed by atoms with Crippen molar-refractivity contribution in [3.63, 3.8) is 0 Å². The summed E-state index contributed by atoms with van der Waals surface area (Å²) in [6, 6.07) is 8.34. The van der Waals surface area contributed by atoms with Gasteiger partial charge in [0, 0.05) is 18.0 Å². The van der Waals surface area contributed by atoms with Crippen molar-refractivity contribution in [2.24, 2.45) is 0 Å². The molecule has 4 heteroatoms. The molecule has 0 aromatic heterocycles. The van der Waals surface area contributed by atoms with Crippen LogP contribution in [0.1, 0.15) is 38.2 Å². The van der Waals surface area contributed by atoms with Gasteiger partial charge in [-0.3, -0.25) is 0 Å². The maximum absolute atomic E-state index is 9.35. The quantitative estimate of drug-likeness (QED) is 0.803. The number of hydrogen-bond donors (Lipinski definition) is 1. The van der Waals surface area contributed by atoms with Gasteiger partial charge < -0.3 is 10.1 Å². The normalized spacial score (nSPS) is 18.5. The van der Waals surface area contributed by atoms with E-state index in [4.69, 9.17) is 4.74 Å². The Labute approximate surface area is 125 Å². The largest absolute Gasteiger partial charge is 0.384 e.